The minimum atomic E-state index is -0.274. The molecular formula is C18H23N3O. The van der Waals surface area contributed by atoms with Crippen LogP contribution in [0.2, 0.25) is 0 Å². The summed E-state index contributed by atoms with van der Waals surface area (Å²) in [4.78, 5) is 16.3. The summed E-state index contributed by atoms with van der Waals surface area (Å²) in [6.45, 7) is 8.66. The van der Waals surface area contributed by atoms with Crippen molar-refractivity contribution in [3.05, 3.63) is 59.4 Å². The van der Waals surface area contributed by atoms with Crippen LogP contribution in [0.15, 0.2) is 42.6 Å². The van der Waals surface area contributed by atoms with Gasteiger partial charge < -0.3 is 10.6 Å². The lowest BCUT2D eigenvalue weighted by molar-refractivity contribution is 0.0914. The molecule has 0 aliphatic carbocycles. The fraction of sp³-hybridized carbons (Fsp3) is 0.333. The van der Waals surface area contributed by atoms with Crippen LogP contribution >= 0.6 is 0 Å². The van der Waals surface area contributed by atoms with Gasteiger partial charge in [0.25, 0.3) is 5.91 Å². The highest BCUT2D eigenvalue weighted by atomic mass is 16.2. The number of hydrogen-bond donors (Lipinski definition) is 2. The summed E-state index contributed by atoms with van der Waals surface area (Å²) in [5.41, 5.74) is 3.51. The zero-order chi connectivity index (χ0) is 16.2. The van der Waals surface area contributed by atoms with E-state index in [1.807, 2.05) is 39.0 Å². The van der Waals surface area contributed by atoms with Gasteiger partial charge in [-0.15, -0.1) is 0 Å². The van der Waals surface area contributed by atoms with Gasteiger partial charge >= 0.3 is 0 Å². The molecule has 2 N–H and O–H groups in total. The first-order valence-electron chi connectivity index (χ1n) is 7.42. The number of hydrogen-bond acceptors (Lipinski definition) is 3. The molecule has 116 valence electrons. The maximum atomic E-state index is 12.1. The molecule has 2 rings (SSSR count). The Morgan fingerprint density at radius 1 is 1.18 bits per heavy atom. The van der Waals surface area contributed by atoms with Crippen molar-refractivity contribution in [2.45, 2.75) is 39.8 Å². The average Bonchev–Trinajstić information content (AvgIpc) is 2.45. The predicted octanol–water partition coefficient (Wildman–Crippen LogP) is 3.53. The van der Waals surface area contributed by atoms with Gasteiger partial charge in [0.1, 0.15) is 5.69 Å². The molecule has 1 amide bonds. The topological polar surface area (TPSA) is 54.0 Å². The lowest BCUT2D eigenvalue weighted by atomic mass is 10.1. The van der Waals surface area contributed by atoms with Gasteiger partial charge in [-0.1, -0.05) is 24.3 Å². The van der Waals surface area contributed by atoms with Crippen molar-refractivity contribution in [1.82, 2.24) is 10.3 Å². The molecule has 0 spiro atoms. The van der Waals surface area contributed by atoms with E-state index in [9.17, 15) is 4.79 Å². The van der Waals surface area contributed by atoms with E-state index in [0.29, 0.717) is 5.69 Å². The fourth-order valence-corrected chi connectivity index (χ4v) is 2.08. The van der Waals surface area contributed by atoms with Crippen LogP contribution in [0.5, 0.6) is 0 Å². The molecule has 1 aromatic carbocycles. The number of anilines is 1. The molecule has 0 aliphatic heterocycles. The van der Waals surface area contributed by atoms with E-state index in [4.69, 9.17) is 0 Å². The molecule has 0 aliphatic rings. The molecule has 0 saturated heterocycles. The highest BCUT2D eigenvalue weighted by Gasteiger charge is 2.16. The molecule has 0 bridgehead atoms. The number of carbonyl (C=O) groups is 1. The lowest BCUT2D eigenvalue weighted by Crippen LogP contribution is -2.40. The summed E-state index contributed by atoms with van der Waals surface area (Å²) >= 11 is 0. The summed E-state index contributed by atoms with van der Waals surface area (Å²) < 4.78 is 0. The third-order valence-corrected chi connectivity index (χ3v) is 3.23. The second-order valence-electron chi connectivity index (χ2n) is 6.41. The second-order valence-corrected chi connectivity index (χ2v) is 6.41. The van der Waals surface area contributed by atoms with Gasteiger partial charge in [-0.2, -0.15) is 0 Å². The van der Waals surface area contributed by atoms with E-state index >= 15 is 0 Å². The number of aromatic nitrogens is 1. The maximum absolute atomic E-state index is 12.1. The molecule has 0 unspecified atom stereocenters. The maximum Gasteiger partial charge on any atom is 0.270 e. The van der Waals surface area contributed by atoms with Crippen LogP contribution < -0.4 is 10.6 Å². The van der Waals surface area contributed by atoms with Crippen LogP contribution in [0.4, 0.5) is 5.69 Å². The number of nitrogens with zero attached hydrogens (tertiary/aromatic N) is 1. The number of nitrogens with one attached hydrogen (secondary N) is 2. The molecule has 4 nitrogen and oxygen atoms in total. The van der Waals surface area contributed by atoms with E-state index < -0.39 is 0 Å². The van der Waals surface area contributed by atoms with E-state index in [1.54, 1.807) is 12.3 Å². The zero-order valence-corrected chi connectivity index (χ0v) is 13.6. The zero-order valence-electron chi connectivity index (χ0n) is 13.6. The summed E-state index contributed by atoms with van der Waals surface area (Å²) in [6, 6.07) is 11.9. The highest BCUT2D eigenvalue weighted by Crippen LogP contribution is 2.13. The second kappa shape index (κ2) is 6.60. The molecule has 0 radical (unpaired) electrons. The van der Waals surface area contributed by atoms with Crippen LogP contribution in [-0.4, -0.2) is 16.4 Å². The minimum absolute atomic E-state index is 0.160. The normalized spacial score (nSPS) is 11.1. The first-order valence-corrected chi connectivity index (χ1v) is 7.42. The monoisotopic (exact) mass is 297 g/mol. The SMILES string of the molecule is Cc1ccccc1CNc1ccnc(C(=O)NC(C)(C)C)c1. The van der Waals surface area contributed by atoms with Crippen molar-refractivity contribution in [2.75, 3.05) is 5.32 Å². The van der Waals surface area contributed by atoms with Crippen molar-refractivity contribution in [3.63, 3.8) is 0 Å². The van der Waals surface area contributed by atoms with Crippen molar-refractivity contribution in [2.24, 2.45) is 0 Å². The summed E-state index contributed by atoms with van der Waals surface area (Å²) in [6.07, 6.45) is 1.65. The van der Waals surface area contributed by atoms with Gasteiger partial charge in [-0.05, 0) is 51.0 Å². The molecule has 0 atom stereocenters. The third-order valence-electron chi connectivity index (χ3n) is 3.23. The van der Waals surface area contributed by atoms with Crippen LogP contribution in [0.25, 0.3) is 0 Å². The van der Waals surface area contributed by atoms with Crippen LogP contribution in [0.3, 0.4) is 0 Å². The Bertz CT molecular complexity index is 659. The van der Waals surface area contributed by atoms with Crippen LogP contribution in [-0.2, 0) is 6.54 Å². The van der Waals surface area contributed by atoms with Crippen molar-refractivity contribution in [3.8, 4) is 0 Å². The Hall–Kier alpha value is -2.36. The molecular weight excluding hydrogens is 274 g/mol. The molecule has 2 aromatic rings. The Balaban J connectivity index is 2.06. The molecule has 0 fully saturated rings. The largest absolute Gasteiger partial charge is 0.381 e. The number of amides is 1. The number of benzene rings is 1. The minimum Gasteiger partial charge on any atom is -0.381 e. The molecule has 4 heteroatoms. The first kappa shape index (κ1) is 16.0. The van der Waals surface area contributed by atoms with Gasteiger partial charge in [0.2, 0.25) is 0 Å². The number of pyridine rings is 1. The third kappa shape index (κ3) is 4.58. The van der Waals surface area contributed by atoms with Crippen molar-refractivity contribution < 1.29 is 4.79 Å². The van der Waals surface area contributed by atoms with Crippen LogP contribution in [0, 0.1) is 6.92 Å². The van der Waals surface area contributed by atoms with E-state index in [0.717, 1.165) is 12.2 Å². The quantitative estimate of drug-likeness (QED) is 0.907. The highest BCUT2D eigenvalue weighted by molar-refractivity contribution is 5.93. The van der Waals surface area contributed by atoms with E-state index in [-0.39, 0.29) is 11.4 Å². The fourth-order valence-electron chi connectivity index (χ4n) is 2.08. The van der Waals surface area contributed by atoms with Crippen molar-refractivity contribution in [1.29, 1.82) is 0 Å². The molecule has 0 saturated carbocycles. The first-order chi connectivity index (χ1) is 10.3. The van der Waals surface area contributed by atoms with Crippen LogP contribution in [0.1, 0.15) is 42.4 Å². The summed E-state index contributed by atoms with van der Waals surface area (Å²) in [5, 5.41) is 6.26. The number of carbonyl (C=O) groups excluding carboxylic acids is 1. The Labute approximate surface area is 132 Å². The molecule has 1 aromatic heterocycles. The number of rotatable bonds is 4. The Kier molecular flexibility index (Phi) is 4.81. The molecule has 22 heavy (non-hydrogen) atoms. The van der Waals surface area contributed by atoms with Gasteiger partial charge in [0.05, 0.1) is 0 Å². The smallest absolute Gasteiger partial charge is 0.270 e. The van der Waals surface area contributed by atoms with E-state index in [2.05, 4.69) is 34.7 Å². The average molecular weight is 297 g/mol. The Morgan fingerprint density at radius 2 is 1.91 bits per heavy atom. The van der Waals surface area contributed by atoms with Gasteiger partial charge in [0, 0.05) is 24.0 Å². The standard InChI is InChI=1S/C18H23N3O/c1-13-7-5-6-8-14(13)12-20-15-9-10-19-16(11-15)17(22)21-18(2,3)4/h5-11H,12H2,1-4H3,(H,19,20)(H,21,22). The summed E-state index contributed by atoms with van der Waals surface area (Å²) in [7, 11) is 0. The lowest BCUT2D eigenvalue weighted by Gasteiger charge is -2.20. The molecule has 1 heterocycles. The van der Waals surface area contributed by atoms with Gasteiger partial charge in [0.15, 0.2) is 0 Å². The Morgan fingerprint density at radius 3 is 2.59 bits per heavy atom. The predicted molar refractivity (Wildman–Crippen MR) is 90.0 cm³/mol. The number of aryl methyl sites for hydroxylation is 1. The van der Waals surface area contributed by atoms with Crippen molar-refractivity contribution >= 4 is 11.6 Å². The van der Waals surface area contributed by atoms with E-state index in [1.165, 1.54) is 11.1 Å². The summed E-state index contributed by atoms with van der Waals surface area (Å²) in [5.74, 6) is -0.160. The van der Waals surface area contributed by atoms with Gasteiger partial charge in [-0.25, -0.2) is 0 Å². The van der Waals surface area contributed by atoms with Gasteiger partial charge in [-0.3, -0.25) is 9.78 Å².